The number of carbonyl (C=O) groups is 1. The molecule has 16 heavy (non-hydrogen) atoms. The molecule has 1 atom stereocenters. The van der Waals surface area contributed by atoms with Crippen molar-refractivity contribution in [2.75, 3.05) is 7.11 Å². The lowest BCUT2D eigenvalue weighted by Gasteiger charge is -2.34. The maximum atomic E-state index is 9.59. The van der Waals surface area contributed by atoms with Crippen LogP contribution in [0.2, 0.25) is 0 Å². The maximum Gasteiger partial charge on any atom is 0.302 e. The molecule has 1 aliphatic rings. The van der Waals surface area contributed by atoms with Gasteiger partial charge in [0.15, 0.2) is 0 Å². The van der Waals surface area contributed by atoms with Crippen molar-refractivity contribution in [3.8, 4) is 0 Å². The quantitative estimate of drug-likeness (QED) is 0.653. The topological polar surface area (TPSA) is 46.5 Å². The predicted molar refractivity (Wildman–Crippen MR) is 67.3 cm³/mol. The molecule has 98 valence electrons. The largest absolute Gasteiger partial charge is 0.469 e. The van der Waals surface area contributed by atoms with E-state index in [0.717, 1.165) is 6.42 Å². The van der Waals surface area contributed by atoms with Gasteiger partial charge in [-0.05, 0) is 18.3 Å². The fourth-order valence-corrected chi connectivity index (χ4v) is 1.48. The Morgan fingerprint density at radius 3 is 1.94 bits per heavy atom. The van der Waals surface area contributed by atoms with Crippen molar-refractivity contribution in [2.24, 2.45) is 5.41 Å². The van der Waals surface area contributed by atoms with Gasteiger partial charge < -0.3 is 9.84 Å². The van der Waals surface area contributed by atoms with Gasteiger partial charge in [-0.1, -0.05) is 40.5 Å². The van der Waals surface area contributed by atoms with Crippen LogP contribution in [0.3, 0.4) is 0 Å². The first-order valence-electron chi connectivity index (χ1n) is 6.13. The highest BCUT2D eigenvalue weighted by molar-refractivity contribution is 5.65. The molecule has 1 N–H and O–H groups in total. The van der Waals surface area contributed by atoms with Gasteiger partial charge in [0.2, 0.25) is 0 Å². The minimum Gasteiger partial charge on any atom is -0.469 e. The molecule has 1 saturated carbocycles. The van der Waals surface area contributed by atoms with Gasteiger partial charge >= 0.3 is 5.97 Å². The van der Waals surface area contributed by atoms with Gasteiger partial charge in [0, 0.05) is 6.92 Å². The van der Waals surface area contributed by atoms with Crippen molar-refractivity contribution in [1.82, 2.24) is 0 Å². The van der Waals surface area contributed by atoms with E-state index in [4.69, 9.17) is 0 Å². The molecule has 1 fully saturated rings. The van der Waals surface area contributed by atoms with Crippen LogP contribution in [0.4, 0.5) is 0 Å². The molecule has 0 spiro atoms. The average Bonchev–Trinajstić information content (AvgIpc) is 2.26. The van der Waals surface area contributed by atoms with E-state index in [1.165, 1.54) is 33.3 Å². The zero-order valence-corrected chi connectivity index (χ0v) is 11.7. The lowest BCUT2D eigenvalue weighted by atomic mass is 9.75. The number of rotatable bonds is 0. The van der Waals surface area contributed by atoms with Crippen molar-refractivity contribution in [3.05, 3.63) is 0 Å². The van der Waals surface area contributed by atoms with Crippen LogP contribution in [-0.2, 0) is 9.53 Å². The Bertz CT molecular complexity index is 176. The Balaban J connectivity index is 0. The van der Waals surface area contributed by atoms with Gasteiger partial charge in [-0.3, -0.25) is 4.79 Å². The highest BCUT2D eigenvalue weighted by Crippen LogP contribution is 2.34. The summed E-state index contributed by atoms with van der Waals surface area (Å²) >= 11 is 0. The Morgan fingerprint density at radius 1 is 1.31 bits per heavy atom. The molecule has 0 saturated heterocycles. The number of carbonyl (C=O) groups excluding carboxylic acids is 1. The van der Waals surface area contributed by atoms with E-state index >= 15 is 0 Å². The van der Waals surface area contributed by atoms with Crippen LogP contribution in [0, 0.1) is 5.41 Å². The molecule has 0 aromatic carbocycles. The number of ether oxygens (including phenoxy) is 1. The Morgan fingerprint density at radius 2 is 1.75 bits per heavy atom. The summed E-state index contributed by atoms with van der Waals surface area (Å²) in [5.74, 6) is -0.245. The fraction of sp³-hybridized carbons (Fsp3) is 0.923. The minimum atomic E-state index is -0.245. The summed E-state index contributed by atoms with van der Waals surface area (Å²) in [6, 6.07) is 0. The van der Waals surface area contributed by atoms with Crippen molar-refractivity contribution in [2.45, 2.75) is 66.4 Å². The van der Waals surface area contributed by atoms with E-state index in [2.05, 4.69) is 18.6 Å². The van der Waals surface area contributed by atoms with Crippen molar-refractivity contribution in [3.63, 3.8) is 0 Å². The van der Waals surface area contributed by atoms with Gasteiger partial charge in [-0.25, -0.2) is 0 Å². The lowest BCUT2D eigenvalue weighted by molar-refractivity contribution is -0.137. The zero-order valence-electron chi connectivity index (χ0n) is 11.7. The van der Waals surface area contributed by atoms with Crippen molar-refractivity contribution in [1.29, 1.82) is 0 Å². The standard InChI is InChI=1S/C8H16O.C3H6O2.C2H6/c1-8(2)6-4-3-5-7(8)9;1-3(4)5-2;1-2/h7,9H,3-6H2,1-2H3;1-2H3;1-2H3. The van der Waals surface area contributed by atoms with Crippen LogP contribution in [0.5, 0.6) is 0 Å². The molecule has 0 aromatic heterocycles. The lowest BCUT2D eigenvalue weighted by Crippen LogP contribution is -2.32. The molecular weight excluding hydrogens is 204 g/mol. The first kappa shape index (κ1) is 17.8. The molecule has 1 rings (SSSR count). The summed E-state index contributed by atoms with van der Waals surface area (Å²) in [5, 5.41) is 9.44. The summed E-state index contributed by atoms with van der Waals surface area (Å²) in [6.45, 7) is 9.66. The minimum absolute atomic E-state index is 0.0498. The predicted octanol–water partition coefficient (Wildman–Crippen LogP) is 3.15. The maximum absolute atomic E-state index is 9.59. The highest BCUT2D eigenvalue weighted by Gasteiger charge is 2.29. The summed E-state index contributed by atoms with van der Waals surface area (Å²) in [5.41, 5.74) is 0.193. The summed E-state index contributed by atoms with van der Waals surface area (Å²) in [6.07, 6.45) is 4.65. The van der Waals surface area contributed by atoms with Crippen LogP contribution >= 0.6 is 0 Å². The van der Waals surface area contributed by atoms with Crippen LogP contribution in [0.1, 0.15) is 60.3 Å². The van der Waals surface area contributed by atoms with E-state index in [0.29, 0.717) is 0 Å². The molecule has 0 aromatic rings. The molecule has 0 amide bonds. The number of aliphatic hydroxyl groups excluding tert-OH is 1. The smallest absolute Gasteiger partial charge is 0.302 e. The molecule has 1 unspecified atom stereocenters. The first-order valence-corrected chi connectivity index (χ1v) is 6.13. The molecule has 0 aliphatic heterocycles. The van der Waals surface area contributed by atoms with Gasteiger partial charge in [-0.15, -0.1) is 0 Å². The molecule has 3 heteroatoms. The Kier molecular flexibility index (Phi) is 10.7. The molecule has 1 aliphatic carbocycles. The molecule has 3 nitrogen and oxygen atoms in total. The second-order valence-corrected chi connectivity index (χ2v) is 4.45. The second-order valence-electron chi connectivity index (χ2n) is 4.45. The van der Waals surface area contributed by atoms with Gasteiger partial charge in [0.1, 0.15) is 0 Å². The van der Waals surface area contributed by atoms with E-state index in [1.807, 2.05) is 13.8 Å². The molecule has 0 bridgehead atoms. The summed E-state index contributed by atoms with van der Waals surface area (Å²) < 4.78 is 4.11. The second kappa shape index (κ2) is 9.64. The number of esters is 1. The monoisotopic (exact) mass is 232 g/mol. The number of methoxy groups -OCH3 is 1. The SMILES string of the molecule is CC.CC1(C)CCCCC1O.COC(C)=O. The number of aliphatic hydroxyl groups is 1. The first-order chi connectivity index (χ1) is 7.40. The van der Waals surface area contributed by atoms with Crippen LogP contribution < -0.4 is 0 Å². The third-order valence-corrected chi connectivity index (χ3v) is 2.74. The van der Waals surface area contributed by atoms with Crippen molar-refractivity contribution < 1.29 is 14.6 Å². The third kappa shape index (κ3) is 8.72. The van der Waals surface area contributed by atoms with Crippen LogP contribution in [0.15, 0.2) is 0 Å². The number of hydrogen-bond donors (Lipinski definition) is 1. The third-order valence-electron chi connectivity index (χ3n) is 2.74. The van der Waals surface area contributed by atoms with Gasteiger partial charge in [0.25, 0.3) is 0 Å². The summed E-state index contributed by atoms with van der Waals surface area (Å²) in [4.78, 5) is 9.59. The van der Waals surface area contributed by atoms with E-state index in [1.54, 1.807) is 0 Å². The van der Waals surface area contributed by atoms with Crippen LogP contribution in [0.25, 0.3) is 0 Å². The number of hydrogen-bond acceptors (Lipinski definition) is 3. The van der Waals surface area contributed by atoms with E-state index in [-0.39, 0.29) is 17.5 Å². The van der Waals surface area contributed by atoms with Gasteiger partial charge in [0.05, 0.1) is 13.2 Å². The highest BCUT2D eigenvalue weighted by atomic mass is 16.5. The zero-order chi connectivity index (χ0) is 13.2. The van der Waals surface area contributed by atoms with Crippen LogP contribution in [-0.4, -0.2) is 24.3 Å². The van der Waals surface area contributed by atoms with E-state index in [9.17, 15) is 9.90 Å². The average molecular weight is 232 g/mol. The van der Waals surface area contributed by atoms with E-state index < -0.39 is 0 Å². The Hall–Kier alpha value is -0.570. The molecule has 0 radical (unpaired) electrons. The molecular formula is C13H28O3. The fourth-order valence-electron chi connectivity index (χ4n) is 1.48. The molecule has 0 heterocycles. The Labute approximate surface area is 100 Å². The normalized spacial score (nSPS) is 21.8. The van der Waals surface area contributed by atoms with Gasteiger partial charge in [-0.2, -0.15) is 0 Å². The summed E-state index contributed by atoms with van der Waals surface area (Å²) in [7, 11) is 1.35. The van der Waals surface area contributed by atoms with Crippen molar-refractivity contribution >= 4 is 5.97 Å².